The number of ether oxygens (including phenoxy) is 1. The highest BCUT2D eigenvalue weighted by molar-refractivity contribution is 6.28. The molecule has 1 saturated heterocycles. The predicted octanol–water partition coefficient (Wildman–Crippen LogP) is 2.32. The lowest BCUT2D eigenvalue weighted by molar-refractivity contribution is 0.0418. The first-order valence-electron chi connectivity index (χ1n) is 6.00. The quantitative estimate of drug-likeness (QED) is 0.618. The van der Waals surface area contributed by atoms with E-state index >= 15 is 0 Å². The van der Waals surface area contributed by atoms with Gasteiger partial charge in [0.1, 0.15) is 0 Å². The smallest absolute Gasteiger partial charge is 0.191 e. The largest absolute Gasteiger partial charge is 0.379 e. The van der Waals surface area contributed by atoms with E-state index in [9.17, 15) is 4.79 Å². The van der Waals surface area contributed by atoms with Crippen LogP contribution in [-0.4, -0.2) is 43.5 Å². The molecule has 1 aromatic carbocycles. The number of benzene rings is 1. The van der Waals surface area contributed by atoms with E-state index in [2.05, 4.69) is 4.90 Å². The summed E-state index contributed by atoms with van der Waals surface area (Å²) in [4.78, 5) is 14.4. The number of hydrogen-bond donors (Lipinski definition) is 0. The summed E-state index contributed by atoms with van der Waals surface area (Å²) in [5.74, 6) is -0.00269. The van der Waals surface area contributed by atoms with E-state index in [0.717, 1.165) is 26.3 Å². The molecule has 4 heteroatoms. The normalized spacial score (nSPS) is 17.7. The van der Waals surface area contributed by atoms with Crippen LogP contribution in [0.15, 0.2) is 41.4 Å². The van der Waals surface area contributed by atoms with Gasteiger partial charge in [0.25, 0.3) is 0 Å². The Balaban J connectivity index is 2.02. The van der Waals surface area contributed by atoms with Crippen LogP contribution in [0.4, 0.5) is 0 Å². The minimum Gasteiger partial charge on any atom is -0.379 e. The molecule has 1 aliphatic rings. The lowest BCUT2D eigenvalue weighted by Gasteiger charge is -2.27. The van der Waals surface area contributed by atoms with E-state index in [1.807, 2.05) is 30.3 Å². The second-order valence-electron chi connectivity index (χ2n) is 4.22. The molecule has 0 atom stereocenters. The average Bonchev–Trinajstić information content (AvgIpc) is 2.46. The fourth-order valence-electron chi connectivity index (χ4n) is 1.93. The van der Waals surface area contributed by atoms with E-state index in [1.165, 1.54) is 5.54 Å². The van der Waals surface area contributed by atoms with Gasteiger partial charge >= 0.3 is 0 Å². The van der Waals surface area contributed by atoms with Crippen LogP contribution in [0.5, 0.6) is 0 Å². The Bertz CT molecular complexity index is 425. The Kier molecular flexibility index (Phi) is 4.93. The van der Waals surface area contributed by atoms with E-state index in [1.54, 1.807) is 0 Å². The molecule has 2 rings (SSSR count). The lowest BCUT2D eigenvalue weighted by Crippen LogP contribution is -2.38. The number of carbonyl (C=O) groups excluding carboxylic acids is 1. The molecular weight excluding hydrogens is 250 g/mol. The molecule has 18 heavy (non-hydrogen) atoms. The van der Waals surface area contributed by atoms with Crippen molar-refractivity contribution in [1.82, 2.24) is 4.90 Å². The Morgan fingerprint density at radius 2 is 1.94 bits per heavy atom. The van der Waals surface area contributed by atoms with Gasteiger partial charge in [-0.3, -0.25) is 9.69 Å². The molecule has 0 bridgehead atoms. The van der Waals surface area contributed by atoms with Crippen molar-refractivity contribution in [2.24, 2.45) is 0 Å². The zero-order valence-electron chi connectivity index (χ0n) is 10.1. The minimum atomic E-state index is -0.00269. The molecule has 1 aliphatic heterocycles. The summed E-state index contributed by atoms with van der Waals surface area (Å²) >= 11 is 5.79. The number of morpholine rings is 1. The molecule has 1 fully saturated rings. The van der Waals surface area contributed by atoms with Crippen molar-refractivity contribution >= 4 is 17.4 Å². The summed E-state index contributed by atoms with van der Waals surface area (Å²) in [5, 5.41) is 0. The van der Waals surface area contributed by atoms with Crippen molar-refractivity contribution in [3.63, 3.8) is 0 Å². The summed E-state index contributed by atoms with van der Waals surface area (Å²) in [7, 11) is 0. The highest BCUT2D eigenvalue weighted by atomic mass is 35.5. The van der Waals surface area contributed by atoms with Gasteiger partial charge in [-0.2, -0.15) is 0 Å². The third kappa shape index (κ3) is 3.42. The molecule has 1 aromatic rings. The molecule has 0 unspecified atom stereocenters. The van der Waals surface area contributed by atoms with Gasteiger partial charge in [0.15, 0.2) is 5.78 Å². The number of rotatable bonds is 4. The lowest BCUT2D eigenvalue weighted by atomic mass is 10.0. The molecule has 0 N–H and O–H groups in total. The maximum atomic E-state index is 12.2. The second kappa shape index (κ2) is 6.69. The van der Waals surface area contributed by atoms with E-state index in [-0.39, 0.29) is 5.78 Å². The first-order chi connectivity index (χ1) is 8.81. The first kappa shape index (κ1) is 13.3. The highest BCUT2D eigenvalue weighted by Crippen LogP contribution is 2.12. The number of carbonyl (C=O) groups is 1. The Hall–Kier alpha value is -1.16. The fraction of sp³-hybridized carbons (Fsp3) is 0.357. The summed E-state index contributed by atoms with van der Waals surface area (Å²) in [6, 6.07) is 9.22. The minimum absolute atomic E-state index is 0.00269. The van der Waals surface area contributed by atoms with Crippen molar-refractivity contribution in [1.29, 1.82) is 0 Å². The van der Waals surface area contributed by atoms with Crippen LogP contribution >= 0.6 is 11.6 Å². The van der Waals surface area contributed by atoms with Gasteiger partial charge in [-0.1, -0.05) is 41.9 Å². The molecule has 0 saturated carbocycles. The summed E-state index contributed by atoms with van der Waals surface area (Å²) in [6.07, 6.45) is 0. The first-order valence-corrected chi connectivity index (χ1v) is 6.44. The number of hydrogen-bond acceptors (Lipinski definition) is 3. The average molecular weight is 266 g/mol. The monoisotopic (exact) mass is 265 g/mol. The third-order valence-corrected chi connectivity index (χ3v) is 3.22. The SMILES string of the molecule is O=C(C(=CCl)CN1CCOCC1)c1ccccc1. The zero-order chi connectivity index (χ0) is 12.8. The standard InChI is InChI=1S/C14H16ClNO2/c15-10-13(11-16-6-8-18-9-7-16)14(17)12-4-2-1-3-5-12/h1-5,10H,6-9,11H2. The Labute approximate surface area is 112 Å². The van der Waals surface area contributed by atoms with E-state index in [4.69, 9.17) is 16.3 Å². The van der Waals surface area contributed by atoms with Crippen molar-refractivity contribution in [2.45, 2.75) is 0 Å². The van der Waals surface area contributed by atoms with Gasteiger partial charge in [0.2, 0.25) is 0 Å². The van der Waals surface area contributed by atoms with Gasteiger partial charge in [-0.15, -0.1) is 0 Å². The van der Waals surface area contributed by atoms with Gasteiger partial charge in [0, 0.05) is 36.3 Å². The second-order valence-corrected chi connectivity index (χ2v) is 4.44. The van der Waals surface area contributed by atoms with Crippen LogP contribution < -0.4 is 0 Å². The van der Waals surface area contributed by atoms with Gasteiger partial charge < -0.3 is 4.74 Å². The van der Waals surface area contributed by atoms with Crippen molar-refractivity contribution < 1.29 is 9.53 Å². The van der Waals surface area contributed by atoms with Crippen LogP contribution in [0.3, 0.4) is 0 Å². The molecule has 3 nitrogen and oxygen atoms in total. The van der Waals surface area contributed by atoms with Crippen LogP contribution in [0.1, 0.15) is 10.4 Å². The van der Waals surface area contributed by atoms with Gasteiger partial charge in [0.05, 0.1) is 13.2 Å². The number of ketones is 1. The summed E-state index contributed by atoms with van der Waals surface area (Å²) < 4.78 is 5.28. The maximum absolute atomic E-state index is 12.2. The van der Waals surface area contributed by atoms with E-state index < -0.39 is 0 Å². The van der Waals surface area contributed by atoms with Crippen LogP contribution in [-0.2, 0) is 4.74 Å². The van der Waals surface area contributed by atoms with Crippen molar-refractivity contribution in [3.05, 3.63) is 47.0 Å². The van der Waals surface area contributed by atoms with Crippen molar-refractivity contribution in [3.8, 4) is 0 Å². The molecular formula is C14H16ClNO2. The van der Waals surface area contributed by atoms with Crippen LogP contribution in [0.2, 0.25) is 0 Å². The molecule has 0 aliphatic carbocycles. The maximum Gasteiger partial charge on any atom is 0.191 e. The molecule has 96 valence electrons. The van der Waals surface area contributed by atoms with Crippen LogP contribution in [0, 0.1) is 0 Å². The topological polar surface area (TPSA) is 29.5 Å². The number of halogens is 1. The highest BCUT2D eigenvalue weighted by Gasteiger charge is 2.17. The zero-order valence-corrected chi connectivity index (χ0v) is 10.9. The summed E-state index contributed by atoms with van der Waals surface area (Å²) in [6.45, 7) is 3.71. The number of Topliss-reactive ketones (excluding diaryl/α,β-unsaturated/α-hetero) is 1. The van der Waals surface area contributed by atoms with Crippen LogP contribution in [0.25, 0.3) is 0 Å². The molecule has 0 spiro atoms. The Morgan fingerprint density at radius 1 is 1.28 bits per heavy atom. The Morgan fingerprint density at radius 3 is 2.56 bits per heavy atom. The molecule has 1 heterocycles. The fourth-order valence-corrected chi connectivity index (χ4v) is 2.10. The number of nitrogens with zero attached hydrogens (tertiary/aromatic N) is 1. The molecule has 0 aromatic heterocycles. The van der Waals surface area contributed by atoms with Gasteiger partial charge in [-0.25, -0.2) is 0 Å². The van der Waals surface area contributed by atoms with E-state index in [0.29, 0.717) is 17.7 Å². The summed E-state index contributed by atoms with van der Waals surface area (Å²) in [5.41, 5.74) is 2.70. The predicted molar refractivity (Wildman–Crippen MR) is 72.0 cm³/mol. The van der Waals surface area contributed by atoms with Crippen molar-refractivity contribution in [2.75, 3.05) is 32.8 Å². The third-order valence-electron chi connectivity index (χ3n) is 2.96. The molecule has 0 radical (unpaired) electrons. The molecule has 0 amide bonds. The van der Waals surface area contributed by atoms with Gasteiger partial charge in [-0.05, 0) is 0 Å².